The van der Waals surface area contributed by atoms with Gasteiger partial charge >= 0.3 is 0 Å². The van der Waals surface area contributed by atoms with Crippen LogP contribution in [0.1, 0.15) is 26.1 Å². The number of halogens is 2. The maximum atomic E-state index is 5.91. The van der Waals surface area contributed by atoms with Crippen molar-refractivity contribution < 1.29 is 0 Å². The molecule has 0 atom stereocenters. The largest absolute Gasteiger partial charge is 0.326 e. The van der Waals surface area contributed by atoms with Crippen LogP contribution >= 0.6 is 23.2 Å². The lowest BCUT2D eigenvalue weighted by Crippen LogP contribution is -2.05. The Balaban J connectivity index is 2.43. The van der Waals surface area contributed by atoms with Gasteiger partial charge in [-0.25, -0.2) is 9.97 Å². The molecule has 0 saturated carbocycles. The number of imidazole rings is 1. The van der Waals surface area contributed by atoms with Crippen LogP contribution < -0.4 is 0 Å². The normalized spacial score (nSPS) is 11.6. The molecule has 0 amide bonds. The molecule has 0 spiro atoms. The molecule has 92 valence electrons. The molecule has 5 heteroatoms. The van der Waals surface area contributed by atoms with Gasteiger partial charge in [0.05, 0.1) is 11.4 Å². The second kappa shape index (κ2) is 5.23. The number of aromatic nitrogens is 3. The fourth-order valence-electron chi connectivity index (χ4n) is 1.77. The van der Waals surface area contributed by atoms with Crippen LogP contribution in [-0.4, -0.2) is 14.5 Å². The first kappa shape index (κ1) is 12.7. The maximum absolute atomic E-state index is 5.91. The van der Waals surface area contributed by atoms with E-state index in [-0.39, 0.29) is 0 Å². The smallest absolute Gasteiger partial charge is 0.179 e. The van der Waals surface area contributed by atoms with E-state index < -0.39 is 0 Å². The van der Waals surface area contributed by atoms with Gasteiger partial charge in [-0.2, -0.15) is 0 Å². The van der Waals surface area contributed by atoms with E-state index in [1.807, 2.05) is 6.07 Å². The molecule has 0 radical (unpaired) electrons. The lowest BCUT2D eigenvalue weighted by molar-refractivity contribution is 0.516. The quantitative estimate of drug-likeness (QED) is 0.624. The molecular formula is C12H15Cl2N3. The Morgan fingerprint density at radius 2 is 2.06 bits per heavy atom. The Morgan fingerprint density at radius 3 is 2.71 bits per heavy atom. The third-order valence-electron chi connectivity index (χ3n) is 2.71. The van der Waals surface area contributed by atoms with E-state index in [1.54, 1.807) is 6.07 Å². The summed E-state index contributed by atoms with van der Waals surface area (Å²) in [5.74, 6) is 1.90. The molecule has 0 aliphatic heterocycles. The molecule has 0 bridgehead atoms. The summed E-state index contributed by atoms with van der Waals surface area (Å²) in [6.07, 6.45) is 1.10. The van der Waals surface area contributed by atoms with Crippen LogP contribution in [0.4, 0.5) is 0 Å². The van der Waals surface area contributed by atoms with E-state index in [1.165, 1.54) is 0 Å². The van der Waals surface area contributed by atoms with Crippen LogP contribution in [0.15, 0.2) is 12.1 Å². The monoisotopic (exact) mass is 271 g/mol. The van der Waals surface area contributed by atoms with Crippen molar-refractivity contribution in [1.29, 1.82) is 0 Å². The van der Waals surface area contributed by atoms with Crippen molar-refractivity contribution >= 4 is 34.4 Å². The van der Waals surface area contributed by atoms with E-state index in [0.717, 1.165) is 24.3 Å². The number of fused-ring (bicyclic) bond motifs is 1. The highest BCUT2D eigenvalue weighted by Crippen LogP contribution is 2.19. The first-order valence-corrected chi connectivity index (χ1v) is 6.60. The number of aryl methyl sites for hydroxylation is 1. The molecule has 3 nitrogen and oxygen atoms in total. The SMILES string of the molecule is CC(C)CCn1c(CCl)nc2nc(Cl)ccc21. The van der Waals surface area contributed by atoms with E-state index in [2.05, 4.69) is 28.4 Å². The van der Waals surface area contributed by atoms with Gasteiger partial charge in [-0.15, -0.1) is 11.6 Å². The number of hydrogen-bond donors (Lipinski definition) is 0. The van der Waals surface area contributed by atoms with Gasteiger partial charge in [-0.1, -0.05) is 25.4 Å². The summed E-state index contributed by atoms with van der Waals surface area (Å²) in [5.41, 5.74) is 1.68. The van der Waals surface area contributed by atoms with Gasteiger partial charge in [0.1, 0.15) is 11.0 Å². The minimum atomic E-state index is 0.395. The van der Waals surface area contributed by atoms with Gasteiger partial charge in [0.25, 0.3) is 0 Å². The van der Waals surface area contributed by atoms with E-state index in [0.29, 0.717) is 22.6 Å². The molecule has 0 saturated heterocycles. The van der Waals surface area contributed by atoms with E-state index in [9.17, 15) is 0 Å². The van der Waals surface area contributed by atoms with Gasteiger partial charge in [0.2, 0.25) is 0 Å². The van der Waals surface area contributed by atoms with E-state index in [4.69, 9.17) is 23.2 Å². The predicted molar refractivity (Wildman–Crippen MR) is 71.6 cm³/mol. The summed E-state index contributed by atoms with van der Waals surface area (Å²) in [4.78, 5) is 8.61. The Bertz CT molecular complexity index is 520. The third-order valence-corrected chi connectivity index (χ3v) is 3.16. The van der Waals surface area contributed by atoms with Crippen LogP contribution in [0.25, 0.3) is 11.2 Å². The molecule has 0 aliphatic rings. The molecule has 17 heavy (non-hydrogen) atoms. The van der Waals surface area contributed by atoms with Crippen LogP contribution in [0.3, 0.4) is 0 Å². The summed E-state index contributed by atoms with van der Waals surface area (Å²) >= 11 is 11.8. The van der Waals surface area contributed by atoms with Crippen LogP contribution in [-0.2, 0) is 12.4 Å². The molecule has 2 aromatic heterocycles. The highest BCUT2D eigenvalue weighted by molar-refractivity contribution is 6.29. The second-order valence-electron chi connectivity index (χ2n) is 4.47. The number of alkyl halides is 1. The molecule has 2 heterocycles. The zero-order chi connectivity index (χ0) is 12.4. The third kappa shape index (κ3) is 2.72. The van der Waals surface area contributed by atoms with Crippen molar-refractivity contribution in [3.05, 3.63) is 23.1 Å². The lowest BCUT2D eigenvalue weighted by Gasteiger charge is -2.09. The van der Waals surface area contributed by atoms with Crippen molar-refractivity contribution in [2.75, 3.05) is 0 Å². The van der Waals surface area contributed by atoms with Gasteiger partial charge in [0, 0.05) is 6.54 Å². The first-order valence-electron chi connectivity index (χ1n) is 5.69. The highest BCUT2D eigenvalue weighted by atomic mass is 35.5. The standard InChI is InChI=1S/C12H15Cl2N3/c1-8(2)5-6-17-9-3-4-10(14)15-12(9)16-11(17)7-13/h3-4,8H,5-7H2,1-2H3. The van der Waals surface area contributed by atoms with Crippen molar-refractivity contribution in [3.8, 4) is 0 Å². The Labute approximate surface area is 111 Å². The fraction of sp³-hybridized carbons (Fsp3) is 0.500. The molecule has 0 unspecified atom stereocenters. The minimum absolute atomic E-state index is 0.395. The van der Waals surface area contributed by atoms with Gasteiger partial charge < -0.3 is 4.57 Å². The summed E-state index contributed by atoms with van der Waals surface area (Å²) < 4.78 is 2.13. The number of rotatable bonds is 4. The zero-order valence-corrected chi connectivity index (χ0v) is 11.5. The molecule has 0 aliphatic carbocycles. The van der Waals surface area contributed by atoms with Gasteiger partial charge in [-0.05, 0) is 24.5 Å². The number of pyridine rings is 1. The minimum Gasteiger partial charge on any atom is -0.326 e. The van der Waals surface area contributed by atoms with Crippen molar-refractivity contribution in [2.45, 2.75) is 32.7 Å². The predicted octanol–water partition coefficient (Wildman–Crippen LogP) is 3.87. The summed E-state index contributed by atoms with van der Waals surface area (Å²) in [7, 11) is 0. The molecule has 0 N–H and O–H groups in total. The highest BCUT2D eigenvalue weighted by Gasteiger charge is 2.11. The molecule has 2 rings (SSSR count). The van der Waals surface area contributed by atoms with Crippen molar-refractivity contribution in [1.82, 2.24) is 14.5 Å². The summed E-state index contributed by atoms with van der Waals surface area (Å²) in [6.45, 7) is 5.32. The summed E-state index contributed by atoms with van der Waals surface area (Å²) in [6, 6.07) is 3.74. The van der Waals surface area contributed by atoms with Crippen LogP contribution in [0, 0.1) is 5.92 Å². The van der Waals surface area contributed by atoms with Gasteiger partial charge in [0.15, 0.2) is 5.65 Å². The van der Waals surface area contributed by atoms with Crippen molar-refractivity contribution in [2.24, 2.45) is 5.92 Å². The number of hydrogen-bond acceptors (Lipinski definition) is 2. The Hall–Kier alpha value is -0.800. The lowest BCUT2D eigenvalue weighted by atomic mass is 10.1. The molecule has 0 fully saturated rings. The van der Waals surface area contributed by atoms with Gasteiger partial charge in [-0.3, -0.25) is 0 Å². The second-order valence-corrected chi connectivity index (χ2v) is 5.13. The van der Waals surface area contributed by atoms with Crippen LogP contribution in [0.5, 0.6) is 0 Å². The molecule has 0 aromatic carbocycles. The average Bonchev–Trinajstić information content (AvgIpc) is 2.63. The molecule has 2 aromatic rings. The Morgan fingerprint density at radius 1 is 1.29 bits per heavy atom. The zero-order valence-electron chi connectivity index (χ0n) is 9.95. The Kier molecular flexibility index (Phi) is 3.89. The van der Waals surface area contributed by atoms with Crippen molar-refractivity contribution in [3.63, 3.8) is 0 Å². The summed E-state index contributed by atoms with van der Waals surface area (Å²) in [5, 5.41) is 0.465. The topological polar surface area (TPSA) is 30.7 Å². The van der Waals surface area contributed by atoms with Crippen LogP contribution in [0.2, 0.25) is 5.15 Å². The maximum Gasteiger partial charge on any atom is 0.179 e. The fourth-order valence-corrected chi connectivity index (χ4v) is 2.12. The number of nitrogens with zero attached hydrogens (tertiary/aromatic N) is 3. The van der Waals surface area contributed by atoms with E-state index >= 15 is 0 Å². The average molecular weight is 272 g/mol. The molecular weight excluding hydrogens is 257 g/mol. The first-order chi connectivity index (χ1) is 8.11.